The van der Waals surface area contributed by atoms with E-state index in [0.29, 0.717) is 20.6 Å². The fourth-order valence-electron chi connectivity index (χ4n) is 1.91. The van der Waals surface area contributed by atoms with Crippen LogP contribution in [0.15, 0.2) is 36.4 Å². The minimum absolute atomic E-state index is 0.106. The molecule has 0 heterocycles. The van der Waals surface area contributed by atoms with Gasteiger partial charge in [-0.25, -0.2) is 4.39 Å². The highest BCUT2D eigenvalue weighted by Gasteiger charge is 2.16. The molecule has 0 aliphatic heterocycles. The zero-order chi connectivity index (χ0) is 17.7. The fourth-order valence-corrected chi connectivity index (χ4v) is 2.76. The van der Waals surface area contributed by atoms with E-state index in [9.17, 15) is 9.18 Å². The van der Waals surface area contributed by atoms with E-state index in [4.69, 9.17) is 15.2 Å². The highest BCUT2D eigenvalue weighted by molar-refractivity contribution is 14.1. The maximum Gasteiger partial charge on any atom is 0.257 e. The predicted octanol–water partition coefficient (Wildman–Crippen LogP) is 2.99. The van der Waals surface area contributed by atoms with Crippen LogP contribution in [0.4, 0.5) is 4.39 Å². The Morgan fingerprint density at radius 3 is 2.58 bits per heavy atom. The van der Waals surface area contributed by atoms with Gasteiger partial charge in [-0.2, -0.15) is 0 Å². The quantitative estimate of drug-likeness (QED) is 0.531. The first kappa shape index (κ1) is 18.4. The van der Waals surface area contributed by atoms with Gasteiger partial charge < -0.3 is 15.2 Å². The number of nitrogens with one attached hydrogen (secondary N) is 1. The van der Waals surface area contributed by atoms with Gasteiger partial charge in [-0.05, 0) is 64.6 Å². The molecular weight excluding hydrogens is 446 g/mol. The highest BCUT2D eigenvalue weighted by atomic mass is 127. The van der Waals surface area contributed by atoms with Gasteiger partial charge in [0.25, 0.3) is 5.91 Å². The Bertz CT molecular complexity index is 769. The Labute approximate surface area is 157 Å². The molecule has 1 amide bonds. The number of halogens is 2. The molecule has 126 valence electrons. The standard InChI is InChI=1S/C16H14FIN2O3S/c1-22-13-7-10(15(21)20-16(19)24)6-12(18)14(13)23-8-9-2-4-11(17)5-3-9/h2-7H,8H2,1H3,(H3,19,20,21,24). The lowest BCUT2D eigenvalue weighted by molar-refractivity contribution is 0.0977. The number of rotatable bonds is 5. The maximum atomic E-state index is 12.9. The van der Waals surface area contributed by atoms with E-state index in [2.05, 4.69) is 17.5 Å². The number of thiocarbonyl (C=S) groups is 1. The number of carbonyl (C=O) groups excluding carboxylic acids is 1. The Kier molecular flexibility index (Phi) is 6.32. The minimum Gasteiger partial charge on any atom is -0.493 e. The molecule has 3 N–H and O–H groups in total. The van der Waals surface area contributed by atoms with E-state index in [1.807, 2.05) is 22.6 Å². The van der Waals surface area contributed by atoms with Crippen LogP contribution in [0, 0.1) is 9.39 Å². The van der Waals surface area contributed by atoms with Gasteiger partial charge in [-0.3, -0.25) is 10.1 Å². The molecule has 8 heteroatoms. The summed E-state index contributed by atoms with van der Waals surface area (Å²) in [5, 5.41) is 2.25. The third kappa shape index (κ3) is 4.78. The van der Waals surface area contributed by atoms with Crippen LogP contribution in [0.2, 0.25) is 0 Å². The topological polar surface area (TPSA) is 73.6 Å². The highest BCUT2D eigenvalue weighted by Crippen LogP contribution is 2.34. The minimum atomic E-state index is -0.427. The number of benzene rings is 2. The third-order valence-corrected chi connectivity index (χ3v) is 3.93. The SMILES string of the molecule is COc1cc(C(=O)NC(N)=S)cc(I)c1OCc1ccc(F)cc1. The number of methoxy groups -OCH3 is 1. The molecule has 0 bridgehead atoms. The number of hydrogen-bond acceptors (Lipinski definition) is 4. The van der Waals surface area contributed by atoms with Crippen LogP contribution in [-0.2, 0) is 6.61 Å². The van der Waals surface area contributed by atoms with Crippen LogP contribution in [-0.4, -0.2) is 18.1 Å². The van der Waals surface area contributed by atoms with E-state index >= 15 is 0 Å². The second kappa shape index (κ2) is 8.25. The Balaban J connectivity index is 2.21. The van der Waals surface area contributed by atoms with Gasteiger partial charge in [0.15, 0.2) is 16.6 Å². The molecule has 5 nitrogen and oxygen atoms in total. The number of hydrogen-bond donors (Lipinski definition) is 2. The maximum absolute atomic E-state index is 12.9. The number of carbonyl (C=O) groups is 1. The second-order valence-electron chi connectivity index (χ2n) is 4.72. The van der Waals surface area contributed by atoms with E-state index in [0.717, 1.165) is 5.56 Å². The van der Waals surface area contributed by atoms with Crippen molar-refractivity contribution in [2.75, 3.05) is 7.11 Å². The van der Waals surface area contributed by atoms with Crippen molar-refractivity contribution >= 4 is 45.8 Å². The van der Waals surface area contributed by atoms with Crippen molar-refractivity contribution in [3.05, 3.63) is 56.9 Å². The van der Waals surface area contributed by atoms with Gasteiger partial charge in [0.1, 0.15) is 12.4 Å². The zero-order valence-electron chi connectivity index (χ0n) is 12.6. The summed E-state index contributed by atoms with van der Waals surface area (Å²) in [5.41, 5.74) is 6.46. The molecule has 0 radical (unpaired) electrons. The largest absolute Gasteiger partial charge is 0.493 e. The monoisotopic (exact) mass is 460 g/mol. The number of nitrogens with two attached hydrogens (primary N) is 1. The van der Waals surface area contributed by atoms with Crippen LogP contribution in [0.3, 0.4) is 0 Å². The van der Waals surface area contributed by atoms with Gasteiger partial charge in [-0.15, -0.1) is 0 Å². The fraction of sp³-hybridized carbons (Fsp3) is 0.125. The van der Waals surface area contributed by atoms with Crippen LogP contribution >= 0.6 is 34.8 Å². The average molecular weight is 460 g/mol. The lowest BCUT2D eigenvalue weighted by atomic mass is 10.2. The second-order valence-corrected chi connectivity index (χ2v) is 6.32. The number of amides is 1. The van der Waals surface area contributed by atoms with Crippen LogP contribution in [0.5, 0.6) is 11.5 Å². The summed E-state index contributed by atoms with van der Waals surface area (Å²) in [4.78, 5) is 12.0. The molecule has 0 saturated heterocycles. The van der Waals surface area contributed by atoms with Crippen molar-refractivity contribution in [2.45, 2.75) is 6.61 Å². The van der Waals surface area contributed by atoms with Gasteiger partial charge >= 0.3 is 0 Å². The zero-order valence-corrected chi connectivity index (χ0v) is 15.6. The lowest BCUT2D eigenvalue weighted by Gasteiger charge is -2.14. The third-order valence-electron chi connectivity index (χ3n) is 3.02. The summed E-state index contributed by atoms with van der Waals surface area (Å²) in [6, 6.07) is 9.18. The van der Waals surface area contributed by atoms with E-state index in [1.165, 1.54) is 25.3 Å². The molecule has 2 rings (SSSR count). The summed E-state index contributed by atoms with van der Waals surface area (Å²) in [7, 11) is 1.48. The lowest BCUT2D eigenvalue weighted by Crippen LogP contribution is -2.34. The van der Waals surface area contributed by atoms with Gasteiger partial charge in [0, 0.05) is 5.56 Å². The van der Waals surface area contributed by atoms with Crippen molar-refractivity contribution in [1.29, 1.82) is 0 Å². The van der Waals surface area contributed by atoms with Gasteiger partial charge in [0.05, 0.1) is 10.7 Å². The summed E-state index contributed by atoms with van der Waals surface area (Å²) in [5.74, 6) is 0.161. The van der Waals surface area contributed by atoms with E-state index in [1.54, 1.807) is 18.2 Å². The molecule has 0 unspecified atom stereocenters. The van der Waals surface area contributed by atoms with Crippen molar-refractivity contribution in [2.24, 2.45) is 5.73 Å². The first-order valence-corrected chi connectivity index (χ1v) is 8.25. The predicted molar refractivity (Wildman–Crippen MR) is 101 cm³/mol. The average Bonchev–Trinajstić information content (AvgIpc) is 2.54. The van der Waals surface area contributed by atoms with Crippen molar-refractivity contribution in [3.8, 4) is 11.5 Å². The molecule has 0 fully saturated rings. The number of ether oxygens (including phenoxy) is 2. The van der Waals surface area contributed by atoms with Gasteiger partial charge in [-0.1, -0.05) is 12.1 Å². The first-order valence-electron chi connectivity index (χ1n) is 6.76. The smallest absolute Gasteiger partial charge is 0.257 e. The van der Waals surface area contributed by atoms with Crippen LogP contribution < -0.4 is 20.5 Å². The van der Waals surface area contributed by atoms with Crippen LogP contribution in [0.1, 0.15) is 15.9 Å². The normalized spacial score (nSPS) is 10.1. The Morgan fingerprint density at radius 1 is 1.33 bits per heavy atom. The molecule has 0 atom stereocenters. The summed E-state index contributed by atoms with van der Waals surface area (Å²) in [6.07, 6.45) is 0. The molecule has 0 spiro atoms. The van der Waals surface area contributed by atoms with E-state index < -0.39 is 5.91 Å². The molecule has 0 saturated carbocycles. The summed E-state index contributed by atoms with van der Waals surface area (Å²) < 4.78 is 24.7. The molecular formula is C16H14FIN2O3S. The van der Waals surface area contributed by atoms with E-state index in [-0.39, 0.29) is 17.5 Å². The molecule has 0 aliphatic rings. The Hall–Kier alpha value is -1.94. The molecule has 0 aromatic heterocycles. The van der Waals surface area contributed by atoms with Crippen molar-refractivity contribution in [1.82, 2.24) is 5.32 Å². The molecule has 2 aromatic carbocycles. The Morgan fingerprint density at radius 2 is 2.00 bits per heavy atom. The van der Waals surface area contributed by atoms with Crippen molar-refractivity contribution < 1.29 is 18.7 Å². The first-order chi connectivity index (χ1) is 11.4. The molecule has 24 heavy (non-hydrogen) atoms. The molecule has 2 aromatic rings. The summed E-state index contributed by atoms with van der Waals surface area (Å²) >= 11 is 6.70. The van der Waals surface area contributed by atoms with Crippen molar-refractivity contribution in [3.63, 3.8) is 0 Å². The summed E-state index contributed by atoms with van der Waals surface area (Å²) in [6.45, 7) is 0.241. The molecule has 0 aliphatic carbocycles. The van der Waals surface area contributed by atoms with Gasteiger partial charge in [0.2, 0.25) is 0 Å². The van der Waals surface area contributed by atoms with Crippen LogP contribution in [0.25, 0.3) is 0 Å².